The predicted molar refractivity (Wildman–Crippen MR) is 117 cm³/mol. The number of para-hydroxylation sites is 2. The van der Waals surface area contributed by atoms with Crippen molar-refractivity contribution < 1.29 is 14.3 Å². The molecule has 30 heavy (non-hydrogen) atoms. The van der Waals surface area contributed by atoms with Gasteiger partial charge in [-0.1, -0.05) is 37.6 Å². The van der Waals surface area contributed by atoms with Gasteiger partial charge in [-0.25, -0.2) is 4.98 Å². The number of esters is 1. The third kappa shape index (κ3) is 3.95. The zero-order valence-corrected chi connectivity index (χ0v) is 17.5. The van der Waals surface area contributed by atoms with Crippen LogP contribution in [0.25, 0.3) is 11.0 Å². The van der Waals surface area contributed by atoms with Gasteiger partial charge in [-0.3, -0.25) is 9.59 Å². The number of hydrogen-bond acceptors (Lipinski definition) is 4. The van der Waals surface area contributed by atoms with E-state index < -0.39 is 0 Å². The Bertz CT molecular complexity index is 1060. The van der Waals surface area contributed by atoms with Crippen molar-refractivity contribution in [1.29, 1.82) is 0 Å². The number of unbranched alkanes of at least 4 members (excludes halogenated alkanes) is 1. The zero-order chi connectivity index (χ0) is 21.1. The van der Waals surface area contributed by atoms with Crippen molar-refractivity contribution in [1.82, 2.24) is 9.55 Å². The summed E-state index contributed by atoms with van der Waals surface area (Å²) in [4.78, 5) is 31.4. The Hall–Kier alpha value is -3.15. The number of methoxy groups -OCH3 is 1. The van der Waals surface area contributed by atoms with E-state index in [-0.39, 0.29) is 24.3 Å². The van der Waals surface area contributed by atoms with E-state index >= 15 is 0 Å². The van der Waals surface area contributed by atoms with Gasteiger partial charge in [0, 0.05) is 24.6 Å². The SMILES string of the molecule is CCCCc1ccc(N2C[C@H](c3nc4ccccc4n3CC(=O)OC)CC2=O)cc1. The van der Waals surface area contributed by atoms with Crippen LogP contribution >= 0.6 is 0 Å². The highest BCUT2D eigenvalue weighted by Crippen LogP contribution is 2.33. The summed E-state index contributed by atoms with van der Waals surface area (Å²) in [6.07, 6.45) is 3.77. The minimum Gasteiger partial charge on any atom is -0.468 e. The van der Waals surface area contributed by atoms with Gasteiger partial charge in [-0.05, 0) is 42.7 Å². The molecule has 6 heteroatoms. The Labute approximate surface area is 176 Å². The molecule has 1 atom stereocenters. The minimum absolute atomic E-state index is 0.0747. The second-order valence-corrected chi connectivity index (χ2v) is 7.80. The third-order valence-electron chi connectivity index (χ3n) is 5.76. The molecule has 0 aliphatic carbocycles. The number of amides is 1. The Morgan fingerprint density at radius 2 is 1.93 bits per heavy atom. The van der Waals surface area contributed by atoms with Crippen LogP contribution in [0.4, 0.5) is 5.69 Å². The Morgan fingerprint density at radius 3 is 2.67 bits per heavy atom. The summed E-state index contributed by atoms with van der Waals surface area (Å²) in [7, 11) is 1.38. The van der Waals surface area contributed by atoms with Crippen molar-refractivity contribution >= 4 is 28.6 Å². The van der Waals surface area contributed by atoms with Crippen molar-refractivity contribution in [2.75, 3.05) is 18.6 Å². The van der Waals surface area contributed by atoms with E-state index in [0.717, 1.165) is 29.0 Å². The lowest BCUT2D eigenvalue weighted by molar-refractivity contribution is -0.141. The van der Waals surface area contributed by atoms with Crippen LogP contribution in [0.1, 0.15) is 43.5 Å². The van der Waals surface area contributed by atoms with E-state index in [0.29, 0.717) is 13.0 Å². The third-order valence-corrected chi connectivity index (χ3v) is 5.76. The molecule has 1 fully saturated rings. The van der Waals surface area contributed by atoms with E-state index in [1.807, 2.05) is 45.9 Å². The highest BCUT2D eigenvalue weighted by atomic mass is 16.5. The van der Waals surface area contributed by atoms with Crippen LogP contribution in [0.2, 0.25) is 0 Å². The molecule has 0 N–H and O–H groups in total. The summed E-state index contributed by atoms with van der Waals surface area (Å²) in [5.74, 6) is 0.438. The topological polar surface area (TPSA) is 64.4 Å². The maximum Gasteiger partial charge on any atom is 0.325 e. The van der Waals surface area contributed by atoms with Crippen molar-refractivity contribution in [3.05, 3.63) is 59.9 Å². The van der Waals surface area contributed by atoms with Gasteiger partial charge in [0.15, 0.2) is 0 Å². The van der Waals surface area contributed by atoms with Gasteiger partial charge in [0.25, 0.3) is 0 Å². The molecule has 0 spiro atoms. The molecule has 1 saturated heterocycles. The molecule has 0 saturated carbocycles. The molecule has 1 aliphatic rings. The quantitative estimate of drug-likeness (QED) is 0.556. The minimum atomic E-state index is -0.330. The number of fused-ring (bicyclic) bond motifs is 1. The molecule has 6 nitrogen and oxygen atoms in total. The largest absolute Gasteiger partial charge is 0.468 e. The molecule has 1 aliphatic heterocycles. The monoisotopic (exact) mass is 405 g/mol. The Balaban J connectivity index is 1.60. The van der Waals surface area contributed by atoms with Crippen molar-refractivity contribution in [2.45, 2.75) is 45.1 Å². The van der Waals surface area contributed by atoms with Crippen LogP contribution in [0.3, 0.4) is 0 Å². The normalized spacial score (nSPS) is 16.4. The second-order valence-electron chi connectivity index (χ2n) is 7.80. The summed E-state index contributed by atoms with van der Waals surface area (Å²) >= 11 is 0. The number of benzene rings is 2. The van der Waals surface area contributed by atoms with Crippen LogP contribution in [0.5, 0.6) is 0 Å². The van der Waals surface area contributed by atoms with E-state index in [2.05, 4.69) is 19.1 Å². The highest BCUT2D eigenvalue weighted by Gasteiger charge is 2.35. The van der Waals surface area contributed by atoms with Crippen molar-refractivity contribution in [2.24, 2.45) is 0 Å². The molecule has 2 heterocycles. The molecule has 1 amide bonds. The summed E-state index contributed by atoms with van der Waals surface area (Å²) < 4.78 is 6.76. The van der Waals surface area contributed by atoms with E-state index in [4.69, 9.17) is 9.72 Å². The van der Waals surface area contributed by atoms with Crippen LogP contribution in [0.15, 0.2) is 48.5 Å². The smallest absolute Gasteiger partial charge is 0.325 e. The molecule has 3 aromatic rings. The Kier molecular flexibility index (Phi) is 5.84. The number of aromatic nitrogens is 2. The number of hydrogen-bond donors (Lipinski definition) is 0. The molecule has 156 valence electrons. The molecule has 0 radical (unpaired) electrons. The maximum absolute atomic E-state index is 12.8. The van der Waals surface area contributed by atoms with Crippen LogP contribution in [-0.2, 0) is 27.3 Å². The maximum atomic E-state index is 12.8. The van der Waals surface area contributed by atoms with Gasteiger partial charge in [0.1, 0.15) is 12.4 Å². The number of ether oxygens (including phenoxy) is 1. The number of nitrogens with zero attached hydrogens (tertiary/aromatic N) is 3. The first-order chi connectivity index (χ1) is 14.6. The summed E-state index contributed by atoms with van der Waals surface area (Å²) in [6, 6.07) is 16.0. The van der Waals surface area contributed by atoms with Crippen LogP contribution in [-0.4, -0.2) is 35.1 Å². The van der Waals surface area contributed by atoms with E-state index in [9.17, 15) is 9.59 Å². The first kappa shape index (κ1) is 20.1. The zero-order valence-electron chi connectivity index (χ0n) is 17.5. The van der Waals surface area contributed by atoms with Gasteiger partial charge >= 0.3 is 5.97 Å². The van der Waals surface area contributed by atoms with Gasteiger partial charge in [-0.15, -0.1) is 0 Å². The van der Waals surface area contributed by atoms with E-state index in [1.54, 1.807) is 0 Å². The standard InChI is InChI=1S/C24H27N3O3/c1-3-4-7-17-10-12-19(13-11-17)26-15-18(14-22(26)28)24-25-20-8-5-6-9-21(20)27(24)16-23(29)30-2/h5-6,8-13,18H,3-4,7,14-16H2,1-2H3/t18-/m1/s1. The number of anilines is 1. The fourth-order valence-corrected chi connectivity index (χ4v) is 4.12. The predicted octanol–water partition coefficient (Wildman–Crippen LogP) is 4.07. The first-order valence-corrected chi connectivity index (χ1v) is 10.5. The second kappa shape index (κ2) is 8.69. The van der Waals surface area contributed by atoms with Gasteiger partial charge in [0.2, 0.25) is 5.91 Å². The van der Waals surface area contributed by atoms with Gasteiger partial charge in [0.05, 0.1) is 18.1 Å². The summed E-state index contributed by atoms with van der Waals surface area (Å²) in [5, 5.41) is 0. The summed E-state index contributed by atoms with van der Waals surface area (Å²) in [6.45, 7) is 2.83. The van der Waals surface area contributed by atoms with Crippen molar-refractivity contribution in [3.63, 3.8) is 0 Å². The van der Waals surface area contributed by atoms with Crippen LogP contribution < -0.4 is 4.90 Å². The number of rotatable bonds is 7. The van der Waals surface area contributed by atoms with Crippen LogP contribution in [0, 0.1) is 0 Å². The molecule has 4 rings (SSSR count). The fraction of sp³-hybridized carbons (Fsp3) is 0.375. The molecule has 0 bridgehead atoms. The Morgan fingerprint density at radius 1 is 1.17 bits per heavy atom. The number of carbonyl (C=O) groups is 2. The fourth-order valence-electron chi connectivity index (χ4n) is 4.12. The number of imidazole rings is 1. The first-order valence-electron chi connectivity index (χ1n) is 10.5. The highest BCUT2D eigenvalue weighted by molar-refractivity contribution is 5.96. The average Bonchev–Trinajstić information content (AvgIpc) is 3.33. The van der Waals surface area contributed by atoms with Gasteiger partial charge < -0.3 is 14.2 Å². The lowest BCUT2D eigenvalue weighted by Crippen LogP contribution is -2.24. The van der Waals surface area contributed by atoms with Crippen molar-refractivity contribution in [3.8, 4) is 0 Å². The van der Waals surface area contributed by atoms with E-state index in [1.165, 1.54) is 25.5 Å². The lowest BCUT2D eigenvalue weighted by Gasteiger charge is -2.18. The summed E-state index contributed by atoms with van der Waals surface area (Å²) in [5.41, 5.74) is 3.91. The number of aryl methyl sites for hydroxylation is 1. The molecular weight excluding hydrogens is 378 g/mol. The molecular formula is C24H27N3O3. The molecule has 1 aromatic heterocycles. The molecule has 0 unspecified atom stereocenters. The average molecular weight is 405 g/mol. The lowest BCUT2D eigenvalue weighted by atomic mass is 10.1. The molecule has 2 aromatic carbocycles. The number of carbonyl (C=O) groups excluding carboxylic acids is 2. The van der Waals surface area contributed by atoms with Gasteiger partial charge in [-0.2, -0.15) is 0 Å².